The smallest absolute Gasteiger partial charge is 0.222 e. The number of aliphatic hydroxyl groups is 3. The maximum absolute atomic E-state index is 12.5. The summed E-state index contributed by atoms with van der Waals surface area (Å²) >= 11 is 0. The highest BCUT2D eigenvalue weighted by Crippen LogP contribution is 2.18. The molecule has 0 fully saturated rings. The first-order chi connectivity index (χ1) is 27.0. The summed E-state index contributed by atoms with van der Waals surface area (Å²) in [7, 11) is 0. The van der Waals surface area contributed by atoms with E-state index in [2.05, 4.69) is 19.2 Å². The number of aliphatic hydroxyl groups excluding tert-OH is 3. The number of amides is 1. The molecule has 330 valence electrons. The molecule has 3 unspecified atom stereocenters. The zero-order chi connectivity index (χ0) is 40.1. The van der Waals surface area contributed by atoms with Gasteiger partial charge in [-0.2, -0.15) is 0 Å². The molecule has 55 heavy (non-hydrogen) atoms. The molecule has 5 nitrogen and oxygen atoms in total. The van der Waals surface area contributed by atoms with Gasteiger partial charge in [0.05, 0.1) is 31.3 Å². The molecule has 4 N–H and O–H groups in total. The van der Waals surface area contributed by atoms with E-state index in [0.29, 0.717) is 12.8 Å². The van der Waals surface area contributed by atoms with Gasteiger partial charge in [-0.1, -0.05) is 271 Å². The second-order valence-electron chi connectivity index (χ2n) is 17.8. The molecular weight excluding hydrogens is 679 g/mol. The number of unbranched alkanes of at least 4 members (excludes halogenated alkanes) is 38. The molecule has 0 bridgehead atoms. The van der Waals surface area contributed by atoms with Crippen molar-refractivity contribution in [2.24, 2.45) is 0 Å². The predicted octanol–water partition coefficient (Wildman–Crippen LogP) is 15.0. The van der Waals surface area contributed by atoms with Crippen molar-refractivity contribution in [3.05, 3.63) is 0 Å². The molecule has 0 saturated carbocycles. The van der Waals surface area contributed by atoms with Crippen molar-refractivity contribution in [2.45, 2.75) is 308 Å². The average molecular weight is 780 g/mol. The van der Waals surface area contributed by atoms with Crippen LogP contribution in [0.25, 0.3) is 0 Å². The summed E-state index contributed by atoms with van der Waals surface area (Å²) < 4.78 is 0. The van der Waals surface area contributed by atoms with Gasteiger partial charge in [-0.15, -0.1) is 0 Å². The van der Waals surface area contributed by atoms with Gasteiger partial charge in [-0.25, -0.2) is 0 Å². The number of rotatable bonds is 47. The summed E-state index contributed by atoms with van der Waals surface area (Å²) in [5.41, 5.74) is 0. The van der Waals surface area contributed by atoms with Crippen molar-refractivity contribution in [3.8, 4) is 0 Å². The molecular formula is C50H101NO4. The van der Waals surface area contributed by atoms with E-state index in [1.807, 2.05) is 0 Å². The molecule has 0 saturated heterocycles. The summed E-state index contributed by atoms with van der Waals surface area (Å²) in [5.74, 6) is -0.276. The van der Waals surface area contributed by atoms with Crippen molar-refractivity contribution >= 4 is 5.91 Å². The van der Waals surface area contributed by atoms with Crippen LogP contribution in [0.1, 0.15) is 290 Å². The van der Waals surface area contributed by atoms with Crippen LogP contribution in [-0.2, 0) is 4.79 Å². The number of carbonyl (C=O) groups is 1. The van der Waals surface area contributed by atoms with Crippen molar-refractivity contribution in [2.75, 3.05) is 6.61 Å². The summed E-state index contributed by atoms with van der Waals surface area (Å²) in [4.78, 5) is 12.5. The molecule has 0 aromatic heterocycles. The van der Waals surface area contributed by atoms with Gasteiger partial charge in [0.2, 0.25) is 5.91 Å². The number of carbonyl (C=O) groups excluding carboxylic acids is 1. The number of hydrogen-bond donors (Lipinski definition) is 4. The second-order valence-corrected chi connectivity index (χ2v) is 17.8. The quantitative estimate of drug-likeness (QED) is 0.0463. The lowest BCUT2D eigenvalue weighted by Crippen LogP contribution is -2.46. The van der Waals surface area contributed by atoms with Gasteiger partial charge in [0, 0.05) is 0 Å². The molecule has 1 amide bonds. The van der Waals surface area contributed by atoms with E-state index in [-0.39, 0.29) is 18.9 Å². The molecule has 0 heterocycles. The minimum atomic E-state index is -0.744. The molecule has 0 spiro atoms. The van der Waals surface area contributed by atoms with Crippen LogP contribution < -0.4 is 5.32 Å². The highest BCUT2D eigenvalue weighted by molar-refractivity contribution is 5.76. The van der Waals surface area contributed by atoms with Crippen LogP contribution in [0.4, 0.5) is 0 Å². The standard InChI is InChI=1S/C50H101NO4/c1-3-5-7-9-11-13-15-17-19-21-23-24-26-28-30-32-34-36-38-40-42-44-49(54)48(46-52)51-50(55)45-47(53)43-41-39-37-35-33-31-29-27-25-22-20-18-16-14-12-10-8-6-4-2/h47-49,52-54H,3-46H2,1-2H3,(H,51,55). The van der Waals surface area contributed by atoms with E-state index in [9.17, 15) is 20.1 Å². The summed E-state index contributed by atoms with van der Waals surface area (Å²) in [6, 6.07) is -0.653. The normalized spacial score (nSPS) is 13.3. The third-order valence-electron chi connectivity index (χ3n) is 12.2. The second kappa shape index (κ2) is 46.0. The van der Waals surface area contributed by atoms with Crippen LogP contribution in [-0.4, -0.2) is 46.1 Å². The fraction of sp³-hybridized carbons (Fsp3) is 0.980. The molecule has 0 rings (SSSR count). The van der Waals surface area contributed by atoms with E-state index < -0.39 is 18.2 Å². The Labute approximate surface area is 345 Å². The highest BCUT2D eigenvalue weighted by Gasteiger charge is 2.21. The molecule has 0 aromatic carbocycles. The minimum Gasteiger partial charge on any atom is -0.394 e. The molecule has 0 aliphatic carbocycles. The van der Waals surface area contributed by atoms with E-state index in [1.54, 1.807) is 0 Å². The molecule has 0 aromatic rings. The first-order valence-electron chi connectivity index (χ1n) is 25.3. The van der Waals surface area contributed by atoms with Crippen LogP contribution in [0.3, 0.4) is 0 Å². The lowest BCUT2D eigenvalue weighted by atomic mass is 10.0. The van der Waals surface area contributed by atoms with Gasteiger partial charge < -0.3 is 20.6 Å². The number of nitrogens with one attached hydrogen (secondary N) is 1. The Morgan fingerprint density at radius 3 is 0.873 bits per heavy atom. The maximum Gasteiger partial charge on any atom is 0.222 e. The van der Waals surface area contributed by atoms with E-state index in [4.69, 9.17) is 0 Å². The molecule has 0 aliphatic rings. The fourth-order valence-corrected chi connectivity index (χ4v) is 8.29. The Morgan fingerprint density at radius 1 is 0.382 bits per heavy atom. The topological polar surface area (TPSA) is 89.8 Å². The Morgan fingerprint density at radius 2 is 0.618 bits per heavy atom. The third kappa shape index (κ3) is 42.8. The van der Waals surface area contributed by atoms with Gasteiger partial charge >= 0.3 is 0 Å². The van der Waals surface area contributed by atoms with Crippen LogP contribution in [0.5, 0.6) is 0 Å². The lowest BCUT2D eigenvalue weighted by Gasteiger charge is -2.23. The van der Waals surface area contributed by atoms with Crippen LogP contribution in [0.2, 0.25) is 0 Å². The van der Waals surface area contributed by atoms with Crippen molar-refractivity contribution in [1.29, 1.82) is 0 Å². The zero-order valence-corrected chi connectivity index (χ0v) is 37.6. The molecule has 0 aliphatic heterocycles. The third-order valence-corrected chi connectivity index (χ3v) is 12.2. The Hall–Kier alpha value is -0.650. The Balaban J connectivity index is 3.53. The first kappa shape index (κ1) is 54.3. The van der Waals surface area contributed by atoms with Crippen molar-refractivity contribution < 1.29 is 20.1 Å². The monoisotopic (exact) mass is 780 g/mol. The van der Waals surface area contributed by atoms with E-state index in [1.165, 1.54) is 231 Å². The van der Waals surface area contributed by atoms with E-state index >= 15 is 0 Å². The maximum atomic E-state index is 12.5. The largest absolute Gasteiger partial charge is 0.394 e. The highest BCUT2D eigenvalue weighted by atomic mass is 16.3. The summed E-state index contributed by atoms with van der Waals surface area (Å²) in [6.45, 7) is 4.30. The van der Waals surface area contributed by atoms with Crippen LogP contribution in [0, 0.1) is 0 Å². The lowest BCUT2D eigenvalue weighted by molar-refractivity contribution is -0.125. The Kier molecular flexibility index (Phi) is 45.5. The Bertz CT molecular complexity index is 733. The molecule has 0 radical (unpaired) electrons. The van der Waals surface area contributed by atoms with Gasteiger partial charge in [0.25, 0.3) is 0 Å². The molecule has 5 heteroatoms. The van der Waals surface area contributed by atoms with Gasteiger partial charge in [-0.3, -0.25) is 4.79 Å². The van der Waals surface area contributed by atoms with Crippen LogP contribution in [0.15, 0.2) is 0 Å². The average Bonchev–Trinajstić information content (AvgIpc) is 3.18. The zero-order valence-electron chi connectivity index (χ0n) is 37.6. The van der Waals surface area contributed by atoms with Gasteiger partial charge in [0.15, 0.2) is 0 Å². The van der Waals surface area contributed by atoms with Crippen molar-refractivity contribution in [1.82, 2.24) is 5.32 Å². The van der Waals surface area contributed by atoms with Gasteiger partial charge in [0.1, 0.15) is 0 Å². The SMILES string of the molecule is CCCCCCCCCCCCCCCCCCCCCCCC(O)C(CO)NC(=O)CC(O)CCCCCCCCCCCCCCCCCCCCC. The summed E-state index contributed by atoms with van der Waals surface area (Å²) in [6.07, 6.45) is 53.7. The number of hydrogen-bond acceptors (Lipinski definition) is 4. The van der Waals surface area contributed by atoms with Gasteiger partial charge in [-0.05, 0) is 12.8 Å². The molecule has 3 atom stereocenters. The summed E-state index contributed by atoms with van der Waals surface area (Å²) in [5, 5.41) is 33.5. The minimum absolute atomic E-state index is 0.0433. The fourth-order valence-electron chi connectivity index (χ4n) is 8.29. The van der Waals surface area contributed by atoms with E-state index in [0.717, 1.165) is 25.7 Å². The first-order valence-corrected chi connectivity index (χ1v) is 25.3. The van der Waals surface area contributed by atoms with Crippen LogP contribution >= 0.6 is 0 Å². The predicted molar refractivity (Wildman–Crippen MR) is 241 cm³/mol. The van der Waals surface area contributed by atoms with Crippen molar-refractivity contribution in [3.63, 3.8) is 0 Å².